The molecular weight excluding hydrogens is 393 g/mol. The number of aryl methyl sites for hydroxylation is 2. The zero-order chi connectivity index (χ0) is 21.0. The van der Waals surface area contributed by atoms with Gasteiger partial charge in [0.2, 0.25) is 11.8 Å². The van der Waals surface area contributed by atoms with Crippen LogP contribution in [-0.2, 0) is 23.7 Å². The highest BCUT2D eigenvalue weighted by Gasteiger charge is 2.21. The van der Waals surface area contributed by atoms with Crippen LogP contribution in [-0.4, -0.2) is 25.6 Å². The third-order valence-corrected chi connectivity index (χ3v) is 5.28. The van der Waals surface area contributed by atoms with Crippen molar-refractivity contribution in [2.75, 3.05) is 5.32 Å². The van der Waals surface area contributed by atoms with Crippen molar-refractivity contribution in [1.82, 2.24) is 19.7 Å². The number of benzene rings is 1. The van der Waals surface area contributed by atoms with Crippen LogP contribution in [0.25, 0.3) is 0 Å². The van der Waals surface area contributed by atoms with Gasteiger partial charge in [-0.25, -0.2) is 9.37 Å². The Morgan fingerprint density at radius 2 is 2.14 bits per heavy atom. The fourth-order valence-electron chi connectivity index (χ4n) is 2.51. The van der Waals surface area contributed by atoms with Crippen molar-refractivity contribution >= 4 is 23.4 Å². The second kappa shape index (κ2) is 8.77. The molecule has 0 bridgehead atoms. The number of imidazole rings is 1. The molecule has 2 aromatic heterocycles. The Bertz CT molecular complexity index is 993. The van der Waals surface area contributed by atoms with Gasteiger partial charge >= 0.3 is 0 Å². The highest BCUT2D eigenvalue weighted by molar-refractivity contribution is 7.99. The summed E-state index contributed by atoms with van der Waals surface area (Å²) in [7, 11) is 1.87. The Hall–Kier alpha value is -2.68. The molecule has 0 aliphatic rings. The van der Waals surface area contributed by atoms with E-state index < -0.39 is 5.82 Å². The van der Waals surface area contributed by atoms with E-state index in [2.05, 4.69) is 20.4 Å². The van der Waals surface area contributed by atoms with Gasteiger partial charge < -0.3 is 14.4 Å². The monoisotopic (exact) mass is 417 g/mol. The lowest BCUT2D eigenvalue weighted by Crippen LogP contribution is -2.13. The number of carbonyl (C=O) groups excluding carboxylic acids is 1. The Morgan fingerprint density at radius 3 is 2.79 bits per heavy atom. The third-order valence-electron chi connectivity index (χ3n) is 4.13. The fourth-order valence-corrected chi connectivity index (χ4v) is 3.38. The van der Waals surface area contributed by atoms with E-state index in [1.165, 1.54) is 23.9 Å². The van der Waals surface area contributed by atoms with E-state index in [0.29, 0.717) is 30.2 Å². The maximum atomic E-state index is 13.7. The first-order chi connectivity index (χ1) is 13.7. The predicted octanol–water partition coefficient (Wildman–Crippen LogP) is 4.35. The molecule has 3 rings (SSSR count). The average molecular weight is 418 g/mol. The first kappa shape index (κ1) is 21.0. The molecule has 0 aliphatic carbocycles. The van der Waals surface area contributed by atoms with Gasteiger partial charge in [0.15, 0.2) is 11.0 Å². The largest absolute Gasteiger partial charge is 0.339 e. The molecule has 2 heterocycles. The maximum Gasteiger partial charge on any atom is 0.226 e. The minimum Gasteiger partial charge on any atom is -0.339 e. The van der Waals surface area contributed by atoms with Gasteiger partial charge in [-0.05, 0) is 36.4 Å². The average Bonchev–Trinajstić information content (AvgIpc) is 3.26. The molecule has 0 unspecified atom stereocenters. The molecule has 0 spiro atoms. The third kappa shape index (κ3) is 5.66. The van der Waals surface area contributed by atoms with Crippen molar-refractivity contribution < 1.29 is 13.7 Å². The van der Waals surface area contributed by atoms with Crippen LogP contribution in [0.1, 0.15) is 45.3 Å². The number of rotatable bonds is 7. The second-order valence-corrected chi connectivity index (χ2v) is 8.74. The van der Waals surface area contributed by atoms with Crippen LogP contribution in [0.15, 0.2) is 45.2 Å². The van der Waals surface area contributed by atoms with Crippen molar-refractivity contribution in [3.8, 4) is 0 Å². The predicted molar refractivity (Wildman–Crippen MR) is 108 cm³/mol. The van der Waals surface area contributed by atoms with Gasteiger partial charge in [0.25, 0.3) is 0 Å². The van der Waals surface area contributed by atoms with E-state index in [0.717, 1.165) is 10.1 Å². The quantitative estimate of drug-likeness (QED) is 0.615. The molecule has 7 nitrogen and oxygen atoms in total. The summed E-state index contributed by atoms with van der Waals surface area (Å²) >= 11 is 1.36. The van der Waals surface area contributed by atoms with Gasteiger partial charge in [0.05, 0.1) is 5.69 Å². The van der Waals surface area contributed by atoms with Gasteiger partial charge in [-0.1, -0.05) is 25.9 Å². The molecule has 0 aliphatic heterocycles. The minimum atomic E-state index is -0.412. The van der Waals surface area contributed by atoms with Gasteiger partial charge in [-0.2, -0.15) is 4.98 Å². The van der Waals surface area contributed by atoms with E-state index in [9.17, 15) is 9.18 Å². The lowest BCUT2D eigenvalue weighted by atomic mass is 9.96. The van der Waals surface area contributed by atoms with Crippen LogP contribution in [0, 0.1) is 5.82 Å². The summed E-state index contributed by atoms with van der Waals surface area (Å²) in [6.45, 7) is 6.03. The standard InChI is InChI=1S/C20H24FN5O2S/c1-20(2,3)18-24-17(28-25-18)7-5-6-16(27)23-14-12-13(21)8-9-15(14)29-19-22-10-11-26(19)4/h8-12H,5-7H2,1-4H3,(H,23,27). The van der Waals surface area contributed by atoms with Crippen LogP contribution < -0.4 is 5.32 Å². The molecule has 0 saturated heterocycles. The van der Waals surface area contributed by atoms with Crippen molar-refractivity contribution in [3.63, 3.8) is 0 Å². The number of hydrogen-bond donors (Lipinski definition) is 1. The van der Waals surface area contributed by atoms with E-state index in [4.69, 9.17) is 4.52 Å². The van der Waals surface area contributed by atoms with Crippen LogP contribution >= 0.6 is 11.8 Å². The summed E-state index contributed by atoms with van der Waals surface area (Å²) < 4.78 is 20.8. The molecule has 0 saturated carbocycles. The van der Waals surface area contributed by atoms with E-state index >= 15 is 0 Å². The molecule has 1 aromatic carbocycles. The lowest BCUT2D eigenvalue weighted by Gasteiger charge is -2.11. The smallest absolute Gasteiger partial charge is 0.226 e. The Balaban J connectivity index is 1.58. The molecule has 9 heteroatoms. The van der Waals surface area contributed by atoms with Crippen LogP contribution in [0.3, 0.4) is 0 Å². The summed E-state index contributed by atoms with van der Waals surface area (Å²) in [5, 5.41) is 7.52. The first-order valence-corrected chi connectivity index (χ1v) is 10.1. The molecule has 3 aromatic rings. The van der Waals surface area contributed by atoms with Gasteiger partial charge in [0, 0.05) is 42.6 Å². The van der Waals surface area contributed by atoms with Gasteiger partial charge in [0.1, 0.15) is 5.82 Å². The van der Waals surface area contributed by atoms with Gasteiger partial charge in [-0.3, -0.25) is 4.79 Å². The zero-order valence-electron chi connectivity index (χ0n) is 16.9. The van der Waals surface area contributed by atoms with E-state index in [1.54, 1.807) is 12.3 Å². The number of hydrogen-bond acceptors (Lipinski definition) is 6. The second-order valence-electron chi connectivity index (χ2n) is 7.73. The Morgan fingerprint density at radius 1 is 1.34 bits per heavy atom. The summed E-state index contributed by atoms with van der Waals surface area (Å²) in [5.41, 5.74) is 0.244. The molecule has 1 amide bonds. The number of nitrogens with one attached hydrogen (secondary N) is 1. The summed E-state index contributed by atoms with van der Waals surface area (Å²) in [4.78, 5) is 21.7. The van der Waals surface area contributed by atoms with Crippen LogP contribution in [0.4, 0.5) is 10.1 Å². The lowest BCUT2D eigenvalue weighted by molar-refractivity contribution is -0.116. The number of anilines is 1. The number of amides is 1. The van der Waals surface area contributed by atoms with Crippen molar-refractivity contribution in [3.05, 3.63) is 48.1 Å². The first-order valence-electron chi connectivity index (χ1n) is 9.30. The van der Waals surface area contributed by atoms with Crippen molar-refractivity contribution in [2.24, 2.45) is 7.05 Å². The Kier molecular flexibility index (Phi) is 6.36. The summed E-state index contributed by atoms with van der Waals surface area (Å²) in [5.74, 6) is 0.546. The SMILES string of the molecule is Cn1ccnc1Sc1ccc(F)cc1NC(=O)CCCc1nc(C(C)(C)C)no1. The molecule has 0 radical (unpaired) electrons. The minimum absolute atomic E-state index is 0.183. The summed E-state index contributed by atoms with van der Waals surface area (Å²) in [6, 6.07) is 4.32. The maximum absolute atomic E-state index is 13.7. The normalized spacial score (nSPS) is 11.6. The van der Waals surface area contributed by atoms with Crippen LogP contribution in [0.2, 0.25) is 0 Å². The summed E-state index contributed by atoms with van der Waals surface area (Å²) in [6.07, 6.45) is 4.83. The number of nitrogens with zero attached hydrogens (tertiary/aromatic N) is 4. The fraction of sp³-hybridized carbons (Fsp3) is 0.400. The highest BCUT2D eigenvalue weighted by atomic mass is 32.2. The Labute approximate surface area is 173 Å². The molecule has 0 fully saturated rings. The van der Waals surface area contributed by atoms with Crippen LogP contribution in [0.5, 0.6) is 0 Å². The number of carbonyl (C=O) groups is 1. The molecule has 1 N–H and O–H groups in total. The van der Waals surface area contributed by atoms with Crippen molar-refractivity contribution in [2.45, 2.75) is 55.5 Å². The highest BCUT2D eigenvalue weighted by Crippen LogP contribution is 2.33. The number of halogens is 1. The zero-order valence-corrected chi connectivity index (χ0v) is 17.7. The van der Waals surface area contributed by atoms with E-state index in [1.807, 2.05) is 38.6 Å². The number of aromatic nitrogens is 4. The molecular formula is C20H24FN5O2S. The molecule has 154 valence electrons. The molecule has 29 heavy (non-hydrogen) atoms. The van der Waals surface area contributed by atoms with Crippen molar-refractivity contribution in [1.29, 1.82) is 0 Å². The van der Waals surface area contributed by atoms with E-state index in [-0.39, 0.29) is 17.7 Å². The molecule has 0 atom stereocenters. The topological polar surface area (TPSA) is 85.8 Å². The van der Waals surface area contributed by atoms with Gasteiger partial charge in [-0.15, -0.1) is 0 Å².